The molecule has 1 heterocycles. The molecular formula is C16H13NS2. The smallest absolute Gasteiger partial charge is 0.0361 e. The minimum absolute atomic E-state index is 0.754. The van der Waals surface area contributed by atoms with Crippen LogP contribution in [0.15, 0.2) is 48.5 Å². The van der Waals surface area contributed by atoms with Gasteiger partial charge < -0.3 is 5.73 Å². The summed E-state index contributed by atoms with van der Waals surface area (Å²) in [6.07, 6.45) is 0. The van der Waals surface area contributed by atoms with Crippen LogP contribution >= 0.6 is 23.6 Å². The second-order valence-electron chi connectivity index (χ2n) is 4.51. The zero-order valence-electron chi connectivity index (χ0n) is 10.5. The Morgan fingerprint density at radius 3 is 2.63 bits per heavy atom. The fraction of sp³-hybridized carbons (Fsp3) is 0.0625. The molecular weight excluding hydrogens is 270 g/mol. The van der Waals surface area contributed by atoms with Gasteiger partial charge in [-0.15, -0.1) is 11.3 Å². The summed E-state index contributed by atoms with van der Waals surface area (Å²) in [5, 5.41) is 1.27. The van der Waals surface area contributed by atoms with Crippen molar-refractivity contribution >= 4 is 44.2 Å². The van der Waals surface area contributed by atoms with Crippen LogP contribution in [0, 0.1) is 0 Å². The van der Waals surface area contributed by atoms with Crippen molar-refractivity contribution in [3.8, 4) is 10.4 Å². The average molecular weight is 283 g/mol. The molecule has 94 valence electrons. The van der Waals surface area contributed by atoms with E-state index in [0.29, 0.717) is 0 Å². The van der Waals surface area contributed by atoms with Crippen molar-refractivity contribution in [3.63, 3.8) is 0 Å². The van der Waals surface area contributed by atoms with Gasteiger partial charge >= 0.3 is 0 Å². The number of rotatable bonds is 2. The van der Waals surface area contributed by atoms with Gasteiger partial charge in [-0.25, -0.2) is 0 Å². The topological polar surface area (TPSA) is 26.0 Å². The van der Waals surface area contributed by atoms with Gasteiger partial charge in [-0.2, -0.15) is 0 Å². The second kappa shape index (κ2) is 4.76. The largest absolute Gasteiger partial charge is 0.399 e. The minimum Gasteiger partial charge on any atom is -0.399 e. The Balaban J connectivity index is 2.23. The summed E-state index contributed by atoms with van der Waals surface area (Å²) in [5.41, 5.74) is 8.84. The van der Waals surface area contributed by atoms with Gasteiger partial charge in [0.2, 0.25) is 0 Å². The number of benzene rings is 2. The first-order valence-corrected chi connectivity index (χ1v) is 7.27. The van der Waals surface area contributed by atoms with Crippen LogP contribution in [0.2, 0.25) is 0 Å². The highest BCUT2D eigenvalue weighted by Gasteiger charge is 2.10. The third kappa shape index (κ3) is 2.27. The lowest BCUT2D eigenvalue weighted by Gasteiger charge is -2.07. The van der Waals surface area contributed by atoms with Gasteiger partial charge in [-0.3, -0.25) is 0 Å². The fourth-order valence-corrected chi connectivity index (χ4v) is 3.45. The summed E-state index contributed by atoms with van der Waals surface area (Å²) in [4.78, 5) is 2.11. The van der Waals surface area contributed by atoms with E-state index in [1.54, 1.807) is 11.3 Å². The van der Waals surface area contributed by atoms with Crippen LogP contribution in [0.1, 0.15) is 12.5 Å². The first kappa shape index (κ1) is 12.3. The number of fused-ring (bicyclic) bond motifs is 1. The molecule has 0 aliphatic rings. The van der Waals surface area contributed by atoms with E-state index >= 15 is 0 Å². The van der Waals surface area contributed by atoms with E-state index in [2.05, 4.69) is 36.4 Å². The Morgan fingerprint density at radius 1 is 1.11 bits per heavy atom. The monoisotopic (exact) mass is 283 g/mol. The molecule has 0 radical (unpaired) electrons. The van der Waals surface area contributed by atoms with Gasteiger partial charge in [0.25, 0.3) is 0 Å². The molecule has 0 spiro atoms. The first-order valence-electron chi connectivity index (χ1n) is 6.04. The fourth-order valence-electron chi connectivity index (χ4n) is 2.18. The molecule has 1 nitrogen and oxygen atoms in total. The predicted octanol–water partition coefficient (Wildman–Crippen LogP) is 4.89. The van der Waals surface area contributed by atoms with Crippen LogP contribution in [0.4, 0.5) is 5.69 Å². The minimum atomic E-state index is 0.754. The molecule has 0 bridgehead atoms. The lowest BCUT2D eigenvalue weighted by atomic mass is 10.0. The third-order valence-corrected chi connectivity index (χ3v) is 4.48. The normalized spacial score (nSPS) is 10.8. The van der Waals surface area contributed by atoms with E-state index in [9.17, 15) is 0 Å². The predicted molar refractivity (Wildman–Crippen MR) is 89.0 cm³/mol. The average Bonchev–Trinajstić information content (AvgIpc) is 2.82. The quantitative estimate of drug-likeness (QED) is 0.412. The van der Waals surface area contributed by atoms with Crippen LogP contribution in [0.25, 0.3) is 20.5 Å². The van der Waals surface area contributed by atoms with Crippen molar-refractivity contribution < 1.29 is 0 Å². The molecule has 1 aromatic heterocycles. The van der Waals surface area contributed by atoms with E-state index in [0.717, 1.165) is 16.1 Å². The molecule has 19 heavy (non-hydrogen) atoms. The highest BCUT2D eigenvalue weighted by molar-refractivity contribution is 7.80. The number of anilines is 1. The number of thiocarbonyl (C=S) groups is 1. The summed E-state index contributed by atoms with van der Waals surface area (Å²) in [6, 6.07) is 16.6. The van der Waals surface area contributed by atoms with Crippen LogP contribution < -0.4 is 5.73 Å². The van der Waals surface area contributed by atoms with Crippen molar-refractivity contribution in [1.29, 1.82) is 0 Å². The van der Waals surface area contributed by atoms with Crippen LogP contribution in [-0.2, 0) is 0 Å². The highest BCUT2D eigenvalue weighted by atomic mass is 32.1. The molecule has 3 aromatic rings. The molecule has 0 aliphatic carbocycles. The van der Waals surface area contributed by atoms with E-state index in [1.807, 2.05) is 19.1 Å². The Morgan fingerprint density at radius 2 is 1.89 bits per heavy atom. The van der Waals surface area contributed by atoms with Crippen molar-refractivity contribution in [2.45, 2.75) is 6.92 Å². The van der Waals surface area contributed by atoms with E-state index in [1.165, 1.54) is 20.5 Å². The number of thiophene rings is 1. The molecule has 0 saturated heterocycles. The molecule has 0 aliphatic heterocycles. The van der Waals surface area contributed by atoms with E-state index in [4.69, 9.17) is 18.0 Å². The zero-order chi connectivity index (χ0) is 13.4. The Bertz CT molecular complexity index is 738. The lowest BCUT2D eigenvalue weighted by Crippen LogP contribution is -1.96. The maximum Gasteiger partial charge on any atom is 0.0361 e. The van der Waals surface area contributed by atoms with Gasteiger partial charge in [-0.1, -0.05) is 36.5 Å². The molecule has 0 atom stereocenters. The van der Waals surface area contributed by atoms with Gasteiger partial charge in [0, 0.05) is 25.7 Å². The summed E-state index contributed by atoms with van der Waals surface area (Å²) < 4.78 is 1.29. The van der Waals surface area contributed by atoms with Gasteiger partial charge in [0.15, 0.2) is 0 Å². The lowest BCUT2D eigenvalue weighted by molar-refractivity contribution is 1.63. The summed E-state index contributed by atoms with van der Waals surface area (Å²) >= 11 is 7.13. The highest BCUT2D eigenvalue weighted by Crippen LogP contribution is 2.36. The Kier molecular flexibility index (Phi) is 3.09. The number of hydrogen-bond acceptors (Lipinski definition) is 3. The molecule has 3 heteroatoms. The van der Waals surface area contributed by atoms with Gasteiger partial charge in [-0.05, 0) is 42.1 Å². The third-order valence-electron chi connectivity index (χ3n) is 3.11. The summed E-state index contributed by atoms with van der Waals surface area (Å²) in [7, 11) is 0. The summed E-state index contributed by atoms with van der Waals surface area (Å²) in [6.45, 7) is 1.95. The van der Waals surface area contributed by atoms with Crippen molar-refractivity contribution in [2.24, 2.45) is 0 Å². The Hall–Kier alpha value is -1.71. The van der Waals surface area contributed by atoms with E-state index in [-0.39, 0.29) is 0 Å². The SMILES string of the molecule is CC(=S)c1cc(N)ccc1-c1cc2ccccc2s1. The molecule has 0 amide bonds. The van der Waals surface area contributed by atoms with E-state index < -0.39 is 0 Å². The van der Waals surface area contributed by atoms with Crippen LogP contribution in [0.5, 0.6) is 0 Å². The zero-order valence-corrected chi connectivity index (χ0v) is 12.1. The van der Waals surface area contributed by atoms with Gasteiger partial charge in [0.05, 0.1) is 0 Å². The number of hydrogen-bond donors (Lipinski definition) is 1. The molecule has 2 N–H and O–H groups in total. The van der Waals surface area contributed by atoms with Crippen LogP contribution in [-0.4, -0.2) is 4.86 Å². The van der Waals surface area contributed by atoms with Crippen LogP contribution in [0.3, 0.4) is 0 Å². The number of nitrogen functional groups attached to an aromatic ring is 1. The second-order valence-corrected chi connectivity index (χ2v) is 6.21. The van der Waals surface area contributed by atoms with Crippen molar-refractivity contribution in [1.82, 2.24) is 0 Å². The molecule has 2 aromatic carbocycles. The molecule has 0 unspecified atom stereocenters. The first-order chi connectivity index (χ1) is 9.15. The summed E-state index contributed by atoms with van der Waals surface area (Å²) in [5.74, 6) is 0. The number of nitrogens with two attached hydrogens (primary N) is 1. The molecule has 0 saturated carbocycles. The van der Waals surface area contributed by atoms with Gasteiger partial charge in [0.1, 0.15) is 0 Å². The Labute approximate surface area is 121 Å². The maximum atomic E-state index is 5.86. The molecule has 3 rings (SSSR count). The standard InChI is InChI=1S/C16H13NS2/c1-10(18)14-9-12(17)6-7-13(14)16-8-11-4-2-3-5-15(11)19-16/h2-9H,17H2,1H3. The maximum absolute atomic E-state index is 5.86. The van der Waals surface area contributed by atoms with Crippen molar-refractivity contribution in [2.75, 3.05) is 5.73 Å². The molecule has 0 fully saturated rings. The van der Waals surface area contributed by atoms with Crippen molar-refractivity contribution in [3.05, 3.63) is 54.1 Å².